The third kappa shape index (κ3) is 3.68. The molecule has 0 saturated heterocycles. The lowest BCUT2D eigenvalue weighted by Gasteiger charge is -1.92. The van der Waals surface area contributed by atoms with E-state index >= 15 is 0 Å². The predicted octanol–water partition coefficient (Wildman–Crippen LogP) is 6.04. The Balaban J connectivity index is 2.15. The molecule has 0 amide bonds. The van der Waals surface area contributed by atoms with Crippen LogP contribution in [0.3, 0.4) is 0 Å². The fraction of sp³-hybridized carbons (Fsp3) is 0.312. The van der Waals surface area contributed by atoms with Crippen molar-refractivity contribution in [3.63, 3.8) is 0 Å². The highest BCUT2D eigenvalue weighted by Crippen LogP contribution is 2.29. The molecule has 1 nitrogen and oxygen atoms in total. The van der Waals surface area contributed by atoms with E-state index in [2.05, 4.69) is 42.8 Å². The summed E-state index contributed by atoms with van der Waals surface area (Å²) in [6.07, 6.45) is 5.72. The zero-order chi connectivity index (χ0) is 14.7. The van der Waals surface area contributed by atoms with Crippen LogP contribution in [0.4, 0.5) is 0 Å². The minimum Gasteiger partial charge on any atom is -0.288 e. The van der Waals surface area contributed by atoms with Crippen LogP contribution in [-0.4, -0.2) is 5.78 Å². The van der Waals surface area contributed by atoms with Gasteiger partial charge in [0.2, 0.25) is 0 Å². The minimum absolute atomic E-state index is 0.0845. The molecule has 0 N–H and O–H groups in total. The van der Waals surface area contributed by atoms with E-state index in [1.165, 1.54) is 14.6 Å². The summed E-state index contributed by atoms with van der Waals surface area (Å²) in [5.41, 5.74) is 1.14. The van der Waals surface area contributed by atoms with Crippen LogP contribution in [0.25, 0.3) is 6.08 Å². The highest BCUT2D eigenvalue weighted by molar-refractivity contribution is 9.10. The first kappa shape index (κ1) is 15.7. The number of ketones is 1. The molecule has 0 radical (unpaired) electrons. The minimum atomic E-state index is 0.0845. The van der Waals surface area contributed by atoms with Crippen LogP contribution in [0.15, 0.2) is 22.7 Å². The number of rotatable bonds is 5. The van der Waals surface area contributed by atoms with Crippen LogP contribution in [0, 0.1) is 13.8 Å². The number of aryl methyl sites for hydroxylation is 3. The summed E-state index contributed by atoms with van der Waals surface area (Å²) in [5.74, 6) is 0.0845. The smallest absolute Gasteiger partial charge is 0.195 e. The van der Waals surface area contributed by atoms with Gasteiger partial charge >= 0.3 is 0 Å². The van der Waals surface area contributed by atoms with Crippen molar-refractivity contribution in [2.45, 2.75) is 33.6 Å². The first-order valence-electron chi connectivity index (χ1n) is 6.59. The lowest BCUT2D eigenvalue weighted by atomic mass is 10.2. The van der Waals surface area contributed by atoms with Crippen molar-refractivity contribution < 1.29 is 4.79 Å². The molecule has 0 spiro atoms. The quantitative estimate of drug-likeness (QED) is 0.464. The number of hydrogen-bond donors (Lipinski definition) is 0. The van der Waals surface area contributed by atoms with E-state index in [4.69, 9.17) is 0 Å². The number of carbonyl (C=O) groups excluding carboxylic acids is 1. The molecule has 2 rings (SSSR count). The van der Waals surface area contributed by atoms with Gasteiger partial charge in [-0.05, 0) is 66.0 Å². The molecule has 0 atom stereocenters. The van der Waals surface area contributed by atoms with E-state index in [1.54, 1.807) is 28.7 Å². The fourth-order valence-electron chi connectivity index (χ4n) is 1.99. The van der Waals surface area contributed by atoms with Crippen molar-refractivity contribution >= 4 is 50.5 Å². The summed E-state index contributed by atoms with van der Waals surface area (Å²) in [4.78, 5) is 16.8. The topological polar surface area (TPSA) is 17.1 Å². The van der Waals surface area contributed by atoms with Crippen molar-refractivity contribution in [2.75, 3.05) is 0 Å². The van der Waals surface area contributed by atoms with Crippen LogP contribution in [0.5, 0.6) is 0 Å². The lowest BCUT2D eigenvalue weighted by Crippen LogP contribution is -1.88. The highest BCUT2D eigenvalue weighted by atomic mass is 79.9. The van der Waals surface area contributed by atoms with Gasteiger partial charge in [-0.15, -0.1) is 22.7 Å². The summed E-state index contributed by atoms with van der Waals surface area (Å²) >= 11 is 6.89. The van der Waals surface area contributed by atoms with Crippen LogP contribution in [0.1, 0.15) is 43.2 Å². The van der Waals surface area contributed by atoms with E-state index in [9.17, 15) is 4.79 Å². The molecule has 0 bridgehead atoms. The van der Waals surface area contributed by atoms with Gasteiger partial charge in [-0.3, -0.25) is 4.79 Å². The van der Waals surface area contributed by atoms with Crippen LogP contribution >= 0.6 is 38.6 Å². The zero-order valence-electron chi connectivity index (χ0n) is 11.8. The summed E-state index contributed by atoms with van der Waals surface area (Å²) in [7, 11) is 0. The molecule has 0 aromatic carbocycles. The number of allylic oxidation sites excluding steroid dienone is 1. The van der Waals surface area contributed by atoms with Gasteiger partial charge in [-0.25, -0.2) is 0 Å². The van der Waals surface area contributed by atoms with E-state index in [0.717, 1.165) is 27.8 Å². The molecule has 0 aliphatic heterocycles. The highest BCUT2D eigenvalue weighted by Gasteiger charge is 2.11. The molecule has 2 aromatic rings. The number of halogens is 1. The summed E-state index contributed by atoms with van der Waals surface area (Å²) < 4.78 is 1.06. The molecule has 106 valence electrons. The molecular weight excluding hydrogens is 352 g/mol. The molecule has 2 aromatic heterocycles. The molecule has 0 unspecified atom stereocenters. The Labute approximate surface area is 136 Å². The first-order valence-corrected chi connectivity index (χ1v) is 9.01. The zero-order valence-corrected chi connectivity index (χ0v) is 15.0. The van der Waals surface area contributed by atoms with Crippen molar-refractivity contribution in [2.24, 2.45) is 0 Å². The maximum Gasteiger partial charge on any atom is 0.195 e. The van der Waals surface area contributed by atoms with Crippen molar-refractivity contribution in [3.05, 3.63) is 47.8 Å². The standard InChI is InChI=1S/C16H17BrOS2/c1-4-5-15-13(17)9-16(20-15)14(18)7-6-12-8-10(2)19-11(12)3/h6-9H,4-5H2,1-3H3/b7-6+. The van der Waals surface area contributed by atoms with E-state index < -0.39 is 0 Å². The summed E-state index contributed by atoms with van der Waals surface area (Å²) in [5, 5.41) is 0. The molecule has 4 heteroatoms. The molecular formula is C16H17BrOS2. The van der Waals surface area contributed by atoms with Gasteiger partial charge in [-0.1, -0.05) is 13.3 Å². The summed E-state index contributed by atoms with van der Waals surface area (Å²) in [6, 6.07) is 4.06. The lowest BCUT2D eigenvalue weighted by molar-refractivity contribution is 0.105. The second kappa shape index (κ2) is 6.83. The normalized spacial score (nSPS) is 11.4. The largest absolute Gasteiger partial charge is 0.288 e. The van der Waals surface area contributed by atoms with E-state index in [1.807, 2.05) is 12.1 Å². The maximum atomic E-state index is 12.2. The van der Waals surface area contributed by atoms with Gasteiger partial charge in [0, 0.05) is 19.1 Å². The average Bonchev–Trinajstić information content (AvgIpc) is 2.91. The van der Waals surface area contributed by atoms with Crippen LogP contribution in [-0.2, 0) is 6.42 Å². The number of thiophene rings is 2. The first-order chi connectivity index (χ1) is 9.51. The molecule has 2 heterocycles. The second-order valence-corrected chi connectivity index (χ2v) is 8.15. The molecule has 0 aliphatic carbocycles. The number of hydrogen-bond acceptors (Lipinski definition) is 3. The van der Waals surface area contributed by atoms with E-state index in [0.29, 0.717) is 0 Å². The third-order valence-electron chi connectivity index (χ3n) is 2.97. The third-order valence-corrected chi connectivity index (χ3v) is 6.13. The Bertz CT molecular complexity index is 649. The van der Waals surface area contributed by atoms with Crippen LogP contribution in [0.2, 0.25) is 0 Å². The molecule has 0 saturated carbocycles. The second-order valence-electron chi connectivity index (χ2n) is 4.70. The number of carbonyl (C=O) groups is 1. The van der Waals surface area contributed by atoms with Crippen LogP contribution < -0.4 is 0 Å². The predicted molar refractivity (Wildman–Crippen MR) is 93.2 cm³/mol. The van der Waals surface area contributed by atoms with Gasteiger partial charge in [0.1, 0.15) is 0 Å². The molecule has 0 aliphatic rings. The monoisotopic (exact) mass is 368 g/mol. The van der Waals surface area contributed by atoms with Gasteiger partial charge in [-0.2, -0.15) is 0 Å². The van der Waals surface area contributed by atoms with Crippen molar-refractivity contribution in [1.29, 1.82) is 0 Å². The average molecular weight is 369 g/mol. The maximum absolute atomic E-state index is 12.2. The Hall–Kier alpha value is -0.710. The Kier molecular flexibility index (Phi) is 5.35. The van der Waals surface area contributed by atoms with E-state index in [-0.39, 0.29) is 5.78 Å². The molecule has 0 fully saturated rings. The van der Waals surface area contributed by atoms with Gasteiger partial charge in [0.15, 0.2) is 5.78 Å². The molecule has 20 heavy (non-hydrogen) atoms. The van der Waals surface area contributed by atoms with Gasteiger partial charge < -0.3 is 0 Å². The fourth-order valence-corrected chi connectivity index (χ4v) is 4.80. The Morgan fingerprint density at radius 3 is 2.65 bits per heavy atom. The van der Waals surface area contributed by atoms with Gasteiger partial charge in [0.05, 0.1) is 4.88 Å². The SMILES string of the molecule is CCCc1sc(C(=O)/C=C/c2cc(C)sc2C)cc1Br. The van der Waals surface area contributed by atoms with Gasteiger partial charge in [0.25, 0.3) is 0 Å². The van der Waals surface area contributed by atoms with Crippen molar-refractivity contribution in [3.8, 4) is 0 Å². The summed E-state index contributed by atoms with van der Waals surface area (Å²) in [6.45, 7) is 6.32. The Morgan fingerprint density at radius 2 is 2.05 bits per heavy atom. The Morgan fingerprint density at radius 1 is 1.30 bits per heavy atom. The van der Waals surface area contributed by atoms with Crippen molar-refractivity contribution in [1.82, 2.24) is 0 Å².